The lowest BCUT2D eigenvalue weighted by atomic mass is 9.91. The summed E-state index contributed by atoms with van der Waals surface area (Å²) in [6.07, 6.45) is 0. The second-order valence-electron chi connectivity index (χ2n) is 4.26. The van der Waals surface area contributed by atoms with Gasteiger partial charge in [0.2, 0.25) is 0 Å². The lowest BCUT2D eigenvalue weighted by molar-refractivity contribution is -0.123. The highest BCUT2D eigenvalue weighted by atomic mass is 16.2. The van der Waals surface area contributed by atoms with Crippen molar-refractivity contribution in [3.05, 3.63) is 35.4 Å². The number of carbonyl (C=O) groups is 3. The quantitative estimate of drug-likeness (QED) is 0.709. The second kappa shape index (κ2) is 3.67. The SMILES string of the molecule is CC(C)C(=O)C1C(=O)c2ccccc2C1=O. The fourth-order valence-corrected chi connectivity index (χ4v) is 1.93. The number of rotatable bonds is 2. The van der Waals surface area contributed by atoms with Gasteiger partial charge in [0, 0.05) is 17.0 Å². The summed E-state index contributed by atoms with van der Waals surface area (Å²) in [6.45, 7) is 3.40. The number of Topliss-reactive ketones (excluding diaryl/α,β-unsaturated/α-hetero) is 3. The molecule has 0 fully saturated rings. The van der Waals surface area contributed by atoms with E-state index in [0.29, 0.717) is 11.1 Å². The molecule has 0 saturated heterocycles. The van der Waals surface area contributed by atoms with Gasteiger partial charge in [-0.25, -0.2) is 0 Å². The summed E-state index contributed by atoms with van der Waals surface area (Å²) in [5, 5.41) is 0. The van der Waals surface area contributed by atoms with Gasteiger partial charge in [0.25, 0.3) is 0 Å². The predicted molar refractivity (Wildman–Crippen MR) is 58.4 cm³/mol. The van der Waals surface area contributed by atoms with Crippen LogP contribution in [0, 0.1) is 11.8 Å². The largest absolute Gasteiger partial charge is 0.298 e. The molecule has 16 heavy (non-hydrogen) atoms. The zero-order valence-electron chi connectivity index (χ0n) is 9.19. The average molecular weight is 216 g/mol. The Morgan fingerprint density at radius 2 is 1.50 bits per heavy atom. The summed E-state index contributed by atoms with van der Waals surface area (Å²) < 4.78 is 0. The van der Waals surface area contributed by atoms with Crippen LogP contribution >= 0.6 is 0 Å². The smallest absolute Gasteiger partial charge is 0.181 e. The van der Waals surface area contributed by atoms with E-state index in [0.717, 1.165) is 0 Å². The van der Waals surface area contributed by atoms with Crippen molar-refractivity contribution < 1.29 is 14.4 Å². The van der Waals surface area contributed by atoms with Crippen LogP contribution in [0.2, 0.25) is 0 Å². The highest BCUT2D eigenvalue weighted by molar-refractivity contribution is 6.35. The van der Waals surface area contributed by atoms with E-state index < -0.39 is 5.92 Å². The molecule has 0 aliphatic heterocycles. The first-order valence-corrected chi connectivity index (χ1v) is 5.25. The maximum Gasteiger partial charge on any atom is 0.181 e. The Morgan fingerprint density at radius 1 is 1.06 bits per heavy atom. The fourth-order valence-electron chi connectivity index (χ4n) is 1.93. The minimum Gasteiger partial charge on any atom is -0.298 e. The van der Waals surface area contributed by atoms with E-state index in [4.69, 9.17) is 0 Å². The van der Waals surface area contributed by atoms with Crippen molar-refractivity contribution in [2.45, 2.75) is 13.8 Å². The molecule has 1 aromatic rings. The maximum atomic E-state index is 11.9. The standard InChI is InChI=1S/C13H12O3/c1-7(2)11(14)10-12(15)8-5-3-4-6-9(8)13(10)16/h3-7,10H,1-2H3. The van der Waals surface area contributed by atoms with E-state index >= 15 is 0 Å². The topological polar surface area (TPSA) is 51.2 Å². The maximum absolute atomic E-state index is 11.9. The summed E-state index contributed by atoms with van der Waals surface area (Å²) >= 11 is 0. The highest BCUT2D eigenvalue weighted by Crippen LogP contribution is 2.28. The minimum absolute atomic E-state index is 0.286. The number of hydrogen-bond donors (Lipinski definition) is 0. The van der Waals surface area contributed by atoms with E-state index in [1.165, 1.54) is 0 Å². The van der Waals surface area contributed by atoms with Crippen LogP contribution in [0.25, 0.3) is 0 Å². The zero-order chi connectivity index (χ0) is 11.9. The molecule has 2 rings (SSSR count). The number of benzene rings is 1. The molecule has 1 aromatic carbocycles. The van der Waals surface area contributed by atoms with E-state index in [2.05, 4.69) is 0 Å². The van der Waals surface area contributed by atoms with Gasteiger partial charge in [-0.1, -0.05) is 38.1 Å². The molecule has 0 N–H and O–H groups in total. The Labute approximate surface area is 93.5 Å². The average Bonchev–Trinajstić information content (AvgIpc) is 2.52. The van der Waals surface area contributed by atoms with Crippen molar-refractivity contribution in [2.24, 2.45) is 11.8 Å². The van der Waals surface area contributed by atoms with Gasteiger partial charge in [-0.05, 0) is 0 Å². The van der Waals surface area contributed by atoms with Gasteiger partial charge in [0.15, 0.2) is 17.3 Å². The van der Waals surface area contributed by atoms with Gasteiger partial charge in [0.1, 0.15) is 5.92 Å². The third-order valence-corrected chi connectivity index (χ3v) is 2.84. The first kappa shape index (κ1) is 10.7. The predicted octanol–water partition coefficient (Wildman–Crippen LogP) is 1.91. The molecule has 0 bridgehead atoms. The molecule has 0 spiro atoms. The van der Waals surface area contributed by atoms with Crippen molar-refractivity contribution in [1.82, 2.24) is 0 Å². The van der Waals surface area contributed by atoms with Crippen LogP contribution in [0.1, 0.15) is 34.6 Å². The molecule has 1 aliphatic rings. The first-order chi connectivity index (χ1) is 7.54. The van der Waals surface area contributed by atoms with Crippen LogP contribution < -0.4 is 0 Å². The third-order valence-electron chi connectivity index (χ3n) is 2.84. The number of fused-ring (bicyclic) bond motifs is 1. The summed E-state index contributed by atoms with van der Waals surface area (Å²) in [4.78, 5) is 35.6. The molecular weight excluding hydrogens is 204 g/mol. The van der Waals surface area contributed by atoms with Crippen molar-refractivity contribution >= 4 is 17.3 Å². The zero-order valence-corrected chi connectivity index (χ0v) is 9.19. The second-order valence-corrected chi connectivity index (χ2v) is 4.26. The molecule has 0 radical (unpaired) electrons. The van der Waals surface area contributed by atoms with Crippen molar-refractivity contribution in [3.8, 4) is 0 Å². The van der Waals surface area contributed by atoms with Gasteiger partial charge in [0.05, 0.1) is 0 Å². The van der Waals surface area contributed by atoms with Gasteiger partial charge in [-0.15, -0.1) is 0 Å². The van der Waals surface area contributed by atoms with Crippen LogP contribution in [0.3, 0.4) is 0 Å². The summed E-state index contributed by atoms with van der Waals surface area (Å²) in [7, 11) is 0. The number of ketones is 3. The van der Waals surface area contributed by atoms with Gasteiger partial charge in [-0.2, -0.15) is 0 Å². The Morgan fingerprint density at radius 3 is 1.88 bits per heavy atom. The van der Waals surface area contributed by atoms with Crippen LogP contribution in [0.5, 0.6) is 0 Å². The molecule has 0 unspecified atom stereocenters. The summed E-state index contributed by atoms with van der Waals surface area (Å²) in [6, 6.07) is 6.60. The molecule has 82 valence electrons. The van der Waals surface area contributed by atoms with E-state index in [1.807, 2.05) is 0 Å². The van der Waals surface area contributed by atoms with Crippen LogP contribution in [-0.2, 0) is 4.79 Å². The molecule has 3 nitrogen and oxygen atoms in total. The molecule has 0 saturated carbocycles. The molecule has 0 heterocycles. The molecular formula is C13H12O3. The van der Waals surface area contributed by atoms with Crippen LogP contribution in [0.15, 0.2) is 24.3 Å². The lowest BCUT2D eigenvalue weighted by Crippen LogP contribution is -2.29. The fraction of sp³-hybridized carbons (Fsp3) is 0.308. The van der Waals surface area contributed by atoms with Gasteiger partial charge < -0.3 is 0 Å². The third kappa shape index (κ3) is 1.40. The first-order valence-electron chi connectivity index (χ1n) is 5.25. The summed E-state index contributed by atoms with van der Waals surface area (Å²) in [5.74, 6) is -2.38. The molecule has 0 amide bonds. The van der Waals surface area contributed by atoms with Crippen LogP contribution in [0.4, 0.5) is 0 Å². The van der Waals surface area contributed by atoms with Crippen LogP contribution in [-0.4, -0.2) is 17.3 Å². The Hall–Kier alpha value is -1.77. The minimum atomic E-state index is -1.10. The van der Waals surface area contributed by atoms with Gasteiger partial charge in [-0.3, -0.25) is 14.4 Å². The van der Waals surface area contributed by atoms with Crippen molar-refractivity contribution in [1.29, 1.82) is 0 Å². The Bertz CT molecular complexity index is 451. The Balaban J connectivity index is 2.47. The van der Waals surface area contributed by atoms with Crippen molar-refractivity contribution in [2.75, 3.05) is 0 Å². The van der Waals surface area contributed by atoms with Crippen molar-refractivity contribution in [3.63, 3.8) is 0 Å². The molecule has 0 aromatic heterocycles. The molecule has 0 atom stereocenters. The van der Waals surface area contributed by atoms with Gasteiger partial charge >= 0.3 is 0 Å². The molecule has 3 heteroatoms. The monoisotopic (exact) mass is 216 g/mol. The van der Waals surface area contributed by atoms with E-state index in [9.17, 15) is 14.4 Å². The number of hydrogen-bond acceptors (Lipinski definition) is 3. The normalized spacial score (nSPS) is 15.7. The lowest BCUT2D eigenvalue weighted by Gasteiger charge is -2.08. The summed E-state index contributed by atoms with van der Waals surface area (Å²) in [5.41, 5.74) is 0.762. The van der Waals surface area contributed by atoms with E-state index in [-0.39, 0.29) is 23.3 Å². The Kier molecular flexibility index (Phi) is 2.46. The number of carbonyl (C=O) groups excluding carboxylic acids is 3. The van der Waals surface area contributed by atoms with E-state index in [1.54, 1.807) is 38.1 Å². The highest BCUT2D eigenvalue weighted by Gasteiger charge is 2.43. The molecule has 1 aliphatic carbocycles.